The fourth-order valence-electron chi connectivity index (χ4n) is 0.872. The molecule has 1 rings (SSSR count). The Morgan fingerprint density at radius 3 is 2.67 bits per heavy atom. The van der Waals surface area contributed by atoms with E-state index in [9.17, 15) is 18.0 Å². The third-order valence-electron chi connectivity index (χ3n) is 1.49. The van der Waals surface area contributed by atoms with Crippen molar-refractivity contribution in [3.8, 4) is 0 Å². The van der Waals surface area contributed by atoms with E-state index in [2.05, 4.69) is 9.97 Å². The monoisotopic (exact) mass is 219 g/mol. The van der Waals surface area contributed by atoms with Gasteiger partial charge in [-0.25, -0.2) is 0 Å². The molecule has 4 nitrogen and oxygen atoms in total. The Bertz CT molecular complexity index is 364. The lowest BCUT2D eigenvalue weighted by atomic mass is 10.4. The first-order valence-electron chi connectivity index (χ1n) is 4.02. The van der Waals surface area contributed by atoms with Crippen molar-refractivity contribution in [1.29, 1.82) is 0 Å². The molecule has 7 heteroatoms. The maximum absolute atomic E-state index is 11.8. The Morgan fingerprint density at radius 2 is 2.13 bits per heavy atom. The number of nitrogens with zero attached hydrogens (tertiary/aromatic N) is 2. The Kier molecular flexibility index (Phi) is 3.23. The van der Waals surface area contributed by atoms with Gasteiger partial charge in [0.2, 0.25) is 0 Å². The summed E-state index contributed by atoms with van der Waals surface area (Å²) in [7, 11) is 0. The molecule has 0 aliphatic carbocycles. The van der Waals surface area contributed by atoms with Crippen molar-refractivity contribution in [2.24, 2.45) is 0 Å². The summed E-state index contributed by atoms with van der Waals surface area (Å²) < 4.78 is 35.3. The number of amides is 1. The molecule has 82 valence electrons. The second kappa shape index (κ2) is 4.24. The molecule has 0 bridgehead atoms. The lowest BCUT2D eigenvalue weighted by Crippen LogP contribution is -2.36. The third-order valence-corrected chi connectivity index (χ3v) is 1.49. The van der Waals surface area contributed by atoms with Gasteiger partial charge in [0.15, 0.2) is 0 Å². The molecule has 0 saturated heterocycles. The number of aromatic nitrogens is 2. The first-order valence-corrected chi connectivity index (χ1v) is 4.02. The highest BCUT2D eigenvalue weighted by Gasteiger charge is 2.38. The van der Waals surface area contributed by atoms with Gasteiger partial charge in [-0.1, -0.05) is 0 Å². The van der Waals surface area contributed by atoms with Crippen LogP contribution in [0.5, 0.6) is 0 Å². The van der Waals surface area contributed by atoms with Crippen LogP contribution in [0.25, 0.3) is 0 Å². The maximum Gasteiger partial charge on any atom is 0.471 e. The van der Waals surface area contributed by atoms with Gasteiger partial charge in [-0.15, -0.1) is 0 Å². The van der Waals surface area contributed by atoms with Gasteiger partial charge in [-0.2, -0.15) is 13.2 Å². The fourth-order valence-corrected chi connectivity index (χ4v) is 0.872. The highest BCUT2D eigenvalue weighted by Crippen LogP contribution is 2.14. The molecule has 1 aromatic heterocycles. The van der Waals surface area contributed by atoms with E-state index in [1.807, 2.05) is 0 Å². The summed E-state index contributed by atoms with van der Waals surface area (Å²) in [5, 5.41) is 1.70. The molecule has 1 amide bonds. The highest BCUT2D eigenvalue weighted by molar-refractivity contribution is 5.81. The Morgan fingerprint density at radius 1 is 1.47 bits per heavy atom. The van der Waals surface area contributed by atoms with E-state index >= 15 is 0 Å². The van der Waals surface area contributed by atoms with Crippen molar-refractivity contribution in [2.75, 3.05) is 0 Å². The summed E-state index contributed by atoms with van der Waals surface area (Å²) in [6.07, 6.45) is -2.10. The first kappa shape index (κ1) is 11.4. The first-order chi connectivity index (χ1) is 6.89. The van der Waals surface area contributed by atoms with Gasteiger partial charge in [-0.3, -0.25) is 14.8 Å². The molecule has 0 saturated carbocycles. The number of hydrogen-bond donors (Lipinski definition) is 1. The predicted molar refractivity (Wildman–Crippen MR) is 44.7 cm³/mol. The van der Waals surface area contributed by atoms with Crippen molar-refractivity contribution in [3.05, 3.63) is 23.8 Å². The zero-order valence-electron chi connectivity index (χ0n) is 7.80. The average molecular weight is 219 g/mol. The standard InChI is InChI=1S/C8H8F3N3O/c1-5-2-12-3-6(14-5)4-13-7(15)8(9,10)11/h2-3H,4H2,1H3,(H,13,15). The molecule has 0 aliphatic rings. The van der Waals surface area contributed by atoms with E-state index in [0.29, 0.717) is 5.69 Å². The van der Waals surface area contributed by atoms with Crippen LogP contribution < -0.4 is 5.32 Å². The summed E-state index contributed by atoms with van der Waals surface area (Å²) in [4.78, 5) is 18.1. The SMILES string of the molecule is Cc1cncc(CNC(=O)C(F)(F)F)n1. The van der Waals surface area contributed by atoms with Gasteiger partial charge in [0.05, 0.1) is 24.1 Å². The van der Waals surface area contributed by atoms with Gasteiger partial charge >= 0.3 is 12.1 Å². The Labute approximate surface area is 83.5 Å². The molecule has 0 fully saturated rings. The summed E-state index contributed by atoms with van der Waals surface area (Å²) in [6, 6.07) is 0. The zero-order chi connectivity index (χ0) is 11.5. The molecule has 0 radical (unpaired) electrons. The Hall–Kier alpha value is -1.66. The second-order valence-electron chi connectivity index (χ2n) is 2.83. The molecule has 0 aliphatic heterocycles. The topological polar surface area (TPSA) is 54.9 Å². The minimum absolute atomic E-state index is 0.285. The summed E-state index contributed by atoms with van der Waals surface area (Å²) in [6.45, 7) is 1.37. The number of rotatable bonds is 2. The van der Waals surface area contributed by atoms with E-state index < -0.39 is 12.1 Å². The fraction of sp³-hybridized carbons (Fsp3) is 0.375. The van der Waals surface area contributed by atoms with Crippen molar-refractivity contribution in [1.82, 2.24) is 15.3 Å². The van der Waals surface area contributed by atoms with Crippen LogP contribution in [0.15, 0.2) is 12.4 Å². The van der Waals surface area contributed by atoms with Gasteiger partial charge in [0.25, 0.3) is 0 Å². The van der Waals surface area contributed by atoms with E-state index in [4.69, 9.17) is 0 Å². The molecule has 1 heterocycles. The van der Waals surface area contributed by atoms with Crippen LogP contribution in [-0.2, 0) is 11.3 Å². The van der Waals surface area contributed by atoms with Gasteiger partial charge in [0.1, 0.15) is 0 Å². The number of nitrogens with one attached hydrogen (secondary N) is 1. The van der Waals surface area contributed by atoms with Gasteiger partial charge < -0.3 is 5.32 Å². The lowest BCUT2D eigenvalue weighted by molar-refractivity contribution is -0.173. The average Bonchev–Trinajstić information content (AvgIpc) is 2.12. The van der Waals surface area contributed by atoms with Crippen LogP contribution in [0.2, 0.25) is 0 Å². The maximum atomic E-state index is 11.8. The largest absolute Gasteiger partial charge is 0.471 e. The number of carbonyl (C=O) groups is 1. The minimum atomic E-state index is -4.86. The second-order valence-corrected chi connectivity index (χ2v) is 2.83. The smallest absolute Gasteiger partial charge is 0.343 e. The van der Waals surface area contributed by atoms with Crippen molar-refractivity contribution < 1.29 is 18.0 Å². The van der Waals surface area contributed by atoms with Gasteiger partial charge in [-0.05, 0) is 6.92 Å². The zero-order valence-corrected chi connectivity index (χ0v) is 7.80. The number of hydrogen-bond acceptors (Lipinski definition) is 3. The summed E-state index contributed by atoms with van der Waals surface area (Å²) in [5.41, 5.74) is 0.862. The van der Waals surface area contributed by atoms with E-state index in [-0.39, 0.29) is 12.2 Å². The van der Waals surface area contributed by atoms with Crippen LogP contribution >= 0.6 is 0 Å². The van der Waals surface area contributed by atoms with Gasteiger partial charge in [0, 0.05) is 6.20 Å². The number of alkyl halides is 3. The lowest BCUT2D eigenvalue weighted by Gasteiger charge is -2.07. The van der Waals surface area contributed by atoms with Crippen LogP contribution in [0, 0.1) is 6.92 Å². The molecule has 0 aromatic carbocycles. The third kappa shape index (κ3) is 3.53. The summed E-state index contributed by atoms with van der Waals surface area (Å²) in [5.74, 6) is -1.98. The van der Waals surface area contributed by atoms with Crippen LogP contribution in [-0.4, -0.2) is 22.1 Å². The number of carbonyl (C=O) groups excluding carboxylic acids is 1. The quantitative estimate of drug-likeness (QED) is 0.806. The molecule has 0 spiro atoms. The molecule has 1 N–H and O–H groups in total. The summed E-state index contributed by atoms with van der Waals surface area (Å²) >= 11 is 0. The molecule has 15 heavy (non-hydrogen) atoms. The molecular formula is C8H8F3N3O. The molecular weight excluding hydrogens is 211 g/mol. The van der Waals surface area contributed by atoms with Crippen molar-refractivity contribution in [2.45, 2.75) is 19.6 Å². The number of aryl methyl sites for hydroxylation is 1. The normalized spacial score (nSPS) is 11.2. The van der Waals surface area contributed by atoms with E-state index in [1.165, 1.54) is 12.4 Å². The van der Waals surface area contributed by atoms with Crippen molar-refractivity contribution in [3.63, 3.8) is 0 Å². The molecule has 0 unspecified atom stereocenters. The molecule has 1 aromatic rings. The van der Waals surface area contributed by atoms with E-state index in [0.717, 1.165) is 0 Å². The highest BCUT2D eigenvalue weighted by atomic mass is 19.4. The van der Waals surface area contributed by atoms with E-state index in [1.54, 1.807) is 12.2 Å². The minimum Gasteiger partial charge on any atom is -0.343 e. The predicted octanol–water partition coefficient (Wildman–Crippen LogP) is 0.964. The number of halogens is 3. The van der Waals surface area contributed by atoms with Crippen LogP contribution in [0.1, 0.15) is 11.4 Å². The van der Waals surface area contributed by atoms with Crippen LogP contribution in [0.4, 0.5) is 13.2 Å². The van der Waals surface area contributed by atoms with Crippen molar-refractivity contribution >= 4 is 5.91 Å². The Balaban J connectivity index is 2.55. The van der Waals surface area contributed by atoms with Crippen LogP contribution in [0.3, 0.4) is 0 Å². The molecule has 0 atom stereocenters.